The van der Waals surface area contributed by atoms with Crippen molar-refractivity contribution in [3.05, 3.63) is 29.3 Å². The van der Waals surface area contributed by atoms with E-state index in [-0.39, 0.29) is 17.9 Å². The highest BCUT2D eigenvalue weighted by Crippen LogP contribution is 2.57. The van der Waals surface area contributed by atoms with Crippen LogP contribution in [0.25, 0.3) is 0 Å². The van der Waals surface area contributed by atoms with Gasteiger partial charge in [-0.2, -0.15) is 0 Å². The number of aromatic hydroxyl groups is 1. The van der Waals surface area contributed by atoms with E-state index in [4.69, 9.17) is 0 Å². The van der Waals surface area contributed by atoms with Crippen LogP contribution in [-0.4, -0.2) is 28.0 Å². The first-order valence-electron chi connectivity index (χ1n) is 7.53. The molecule has 0 radical (unpaired) electrons. The zero-order valence-corrected chi connectivity index (χ0v) is 12.3. The maximum atomic E-state index is 10.4. The third-order valence-corrected chi connectivity index (χ3v) is 6.02. The number of aliphatic hydroxyl groups is 2. The molecule has 0 saturated heterocycles. The fourth-order valence-electron chi connectivity index (χ4n) is 4.70. The van der Waals surface area contributed by atoms with Crippen molar-refractivity contribution in [3.63, 3.8) is 0 Å². The van der Waals surface area contributed by atoms with Crippen LogP contribution in [0, 0.1) is 11.3 Å². The largest absolute Gasteiger partial charge is 0.508 e. The van der Waals surface area contributed by atoms with Crippen LogP contribution in [-0.2, 0) is 11.8 Å². The molecular formula is C17H24O3. The highest BCUT2D eigenvalue weighted by molar-refractivity contribution is 5.43. The molecule has 20 heavy (non-hydrogen) atoms. The van der Waals surface area contributed by atoms with E-state index in [0.717, 1.165) is 19.3 Å². The second-order valence-electron chi connectivity index (χ2n) is 7.07. The third kappa shape index (κ3) is 1.73. The Morgan fingerprint density at radius 2 is 2.00 bits per heavy atom. The Morgan fingerprint density at radius 1 is 1.25 bits per heavy atom. The Kier molecular flexibility index (Phi) is 3.11. The van der Waals surface area contributed by atoms with Crippen molar-refractivity contribution in [2.45, 2.75) is 51.0 Å². The number of aliphatic hydroxyl groups excluding tert-OH is 2. The maximum absolute atomic E-state index is 10.4. The molecule has 4 atom stereocenters. The molecule has 0 aromatic heterocycles. The van der Waals surface area contributed by atoms with Crippen LogP contribution >= 0.6 is 0 Å². The van der Waals surface area contributed by atoms with Gasteiger partial charge in [0.2, 0.25) is 0 Å². The van der Waals surface area contributed by atoms with Gasteiger partial charge in [0.1, 0.15) is 5.75 Å². The minimum absolute atomic E-state index is 0.0164. The molecule has 1 aromatic rings. The van der Waals surface area contributed by atoms with Gasteiger partial charge < -0.3 is 15.3 Å². The minimum atomic E-state index is -0.448. The number of fused-ring (bicyclic) bond motifs is 3. The van der Waals surface area contributed by atoms with Gasteiger partial charge >= 0.3 is 0 Å². The van der Waals surface area contributed by atoms with Gasteiger partial charge in [-0.05, 0) is 60.3 Å². The molecule has 1 fully saturated rings. The van der Waals surface area contributed by atoms with E-state index in [2.05, 4.69) is 6.92 Å². The van der Waals surface area contributed by atoms with Gasteiger partial charge in [-0.15, -0.1) is 0 Å². The summed E-state index contributed by atoms with van der Waals surface area (Å²) >= 11 is 0. The molecule has 0 aliphatic heterocycles. The van der Waals surface area contributed by atoms with Gasteiger partial charge in [0, 0.05) is 5.41 Å². The van der Waals surface area contributed by atoms with Gasteiger partial charge in [-0.3, -0.25) is 0 Å². The van der Waals surface area contributed by atoms with Gasteiger partial charge in [0.25, 0.3) is 0 Å². The fraction of sp³-hybridized carbons (Fsp3) is 0.647. The lowest BCUT2D eigenvalue weighted by Crippen LogP contribution is -2.56. The molecule has 110 valence electrons. The van der Waals surface area contributed by atoms with E-state index in [0.29, 0.717) is 12.2 Å². The van der Waals surface area contributed by atoms with Crippen LogP contribution in [0.4, 0.5) is 0 Å². The van der Waals surface area contributed by atoms with Gasteiger partial charge in [-0.25, -0.2) is 0 Å². The first kappa shape index (κ1) is 13.9. The van der Waals surface area contributed by atoms with Crippen molar-refractivity contribution in [2.75, 3.05) is 6.61 Å². The molecule has 0 amide bonds. The Hall–Kier alpha value is -1.06. The zero-order chi connectivity index (χ0) is 14.5. The normalized spacial score (nSPS) is 40.0. The number of benzene rings is 1. The molecule has 2 aliphatic rings. The maximum Gasteiger partial charge on any atom is 0.115 e. The molecule has 1 saturated carbocycles. The summed E-state index contributed by atoms with van der Waals surface area (Å²) in [5, 5.41) is 30.1. The summed E-state index contributed by atoms with van der Waals surface area (Å²) in [5.41, 5.74) is 2.00. The zero-order valence-electron chi connectivity index (χ0n) is 12.3. The summed E-state index contributed by atoms with van der Waals surface area (Å²) in [6, 6.07) is 5.66. The molecule has 3 rings (SSSR count). The molecule has 2 aliphatic carbocycles. The van der Waals surface area contributed by atoms with Gasteiger partial charge in [-0.1, -0.05) is 19.9 Å². The summed E-state index contributed by atoms with van der Waals surface area (Å²) in [6.45, 7) is 4.25. The lowest BCUT2D eigenvalue weighted by Gasteiger charge is -2.56. The highest BCUT2D eigenvalue weighted by Gasteiger charge is 2.55. The van der Waals surface area contributed by atoms with Crippen molar-refractivity contribution >= 4 is 0 Å². The second kappa shape index (κ2) is 4.47. The van der Waals surface area contributed by atoms with Crippen LogP contribution in [0.15, 0.2) is 18.2 Å². The Balaban J connectivity index is 2.12. The molecule has 0 unspecified atom stereocenters. The molecule has 0 heterocycles. The molecular weight excluding hydrogens is 252 g/mol. The van der Waals surface area contributed by atoms with E-state index >= 15 is 0 Å². The van der Waals surface area contributed by atoms with E-state index in [1.54, 1.807) is 6.07 Å². The summed E-state index contributed by atoms with van der Waals surface area (Å²) in [6.07, 6.45) is 3.12. The van der Waals surface area contributed by atoms with Crippen LogP contribution < -0.4 is 0 Å². The number of phenols is 1. The summed E-state index contributed by atoms with van der Waals surface area (Å²) in [5.74, 6) is 0.556. The SMILES string of the molecule is C[C@@]1(CO)[C@H](O)CC[C@]2(C)c3cc(O)ccc3CC[C@@H]12. The van der Waals surface area contributed by atoms with Crippen molar-refractivity contribution in [3.8, 4) is 5.75 Å². The Bertz CT molecular complexity index is 527. The summed E-state index contributed by atoms with van der Waals surface area (Å²) in [7, 11) is 0. The molecule has 1 aromatic carbocycles. The first-order valence-corrected chi connectivity index (χ1v) is 7.53. The molecule has 3 nitrogen and oxygen atoms in total. The fourth-order valence-corrected chi connectivity index (χ4v) is 4.70. The number of hydrogen-bond acceptors (Lipinski definition) is 3. The second-order valence-corrected chi connectivity index (χ2v) is 7.07. The quantitative estimate of drug-likeness (QED) is 0.738. The Labute approximate surface area is 120 Å². The van der Waals surface area contributed by atoms with E-state index < -0.39 is 11.5 Å². The monoisotopic (exact) mass is 276 g/mol. The lowest BCUT2D eigenvalue weighted by molar-refractivity contribution is -0.110. The van der Waals surface area contributed by atoms with Crippen LogP contribution in [0.5, 0.6) is 5.75 Å². The average Bonchev–Trinajstić information content (AvgIpc) is 2.44. The van der Waals surface area contributed by atoms with Crippen LogP contribution in [0.1, 0.15) is 44.2 Å². The minimum Gasteiger partial charge on any atom is -0.508 e. The molecule has 0 bridgehead atoms. The summed E-state index contributed by atoms with van der Waals surface area (Å²) < 4.78 is 0. The predicted molar refractivity (Wildman–Crippen MR) is 77.7 cm³/mol. The topological polar surface area (TPSA) is 60.7 Å². The lowest BCUT2D eigenvalue weighted by atomic mass is 9.49. The van der Waals surface area contributed by atoms with Crippen LogP contribution in [0.2, 0.25) is 0 Å². The van der Waals surface area contributed by atoms with Crippen molar-refractivity contribution < 1.29 is 15.3 Å². The van der Waals surface area contributed by atoms with Crippen molar-refractivity contribution in [2.24, 2.45) is 11.3 Å². The van der Waals surface area contributed by atoms with Gasteiger partial charge in [0.05, 0.1) is 12.7 Å². The molecule has 0 spiro atoms. The van der Waals surface area contributed by atoms with E-state index in [1.807, 2.05) is 19.1 Å². The first-order chi connectivity index (χ1) is 9.41. The molecule has 3 N–H and O–H groups in total. The van der Waals surface area contributed by atoms with Gasteiger partial charge in [0.15, 0.2) is 0 Å². The smallest absolute Gasteiger partial charge is 0.115 e. The van der Waals surface area contributed by atoms with Crippen LogP contribution in [0.3, 0.4) is 0 Å². The average molecular weight is 276 g/mol. The van der Waals surface area contributed by atoms with Crippen molar-refractivity contribution in [1.29, 1.82) is 0 Å². The number of aryl methyl sites for hydroxylation is 1. The Morgan fingerprint density at radius 3 is 2.70 bits per heavy atom. The van der Waals surface area contributed by atoms with E-state index in [9.17, 15) is 15.3 Å². The number of rotatable bonds is 1. The van der Waals surface area contributed by atoms with E-state index in [1.165, 1.54) is 11.1 Å². The number of phenolic OH excluding ortho intramolecular Hbond substituents is 1. The summed E-state index contributed by atoms with van der Waals surface area (Å²) in [4.78, 5) is 0. The highest BCUT2D eigenvalue weighted by atomic mass is 16.3. The third-order valence-electron chi connectivity index (χ3n) is 6.02. The number of hydrogen-bond donors (Lipinski definition) is 3. The van der Waals surface area contributed by atoms with Crippen molar-refractivity contribution in [1.82, 2.24) is 0 Å². The standard InChI is InChI=1S/C17H24O3/c1-16-8-7-15(20)17(2,10-18)14(16)6-4-11-3-5-12(19)9-13(11)16/h3,5,9,14-15,18-20H,4,6-8,10H2,1-2H3/t14-,15-,16-,17+/m1/s1. The predicted octanol–water partition coefficient (Wildman–Crippen LogP) is 2.37. The molecule has 3 heteroatoms.